The van der Waals surface area contributed by atoms with Crippen LogP contribution in [0.4, 0.5) is 0 Å². The highest BCUT2D eigenvalue weighted by Crippen LogP contribution is 2.27. The Morgan fingerprint density at radius 1 is 1.17 bits per heavy atom. The Balaban J connectivity index is 2.53. The summed E-state index contributed by atoms with van der Waals surface area (Å²) in [4.78, 5) is 4.38. The molecule has 1 aromatic heterocycles. The third kappa shape index (κ3) is 2.06. The van der Waals surface area contributed by atoms with Crippen molar-refractivity contribution >= 4 is 0 Å². The number of nitrogens with zero attached hydrogens (tertiary/aromatic N) is 2. The zero-order valence-corrected chi connectivity index (χ0v) is 11.5. The van der Waals surface area contributed by atoms with Gasteiger partial charge in [0.2, 0.25) is 0 Å². The van der Waals surface area contributed by atoms with Crippen molar-refractivity contribution < 1.29 is 5.11 Å². The lowest BCUT2D eigenvalue weighted by Gasteiger charge is -2.12. The highest BCUT2D eigenvalue weighted by atomic mass is 16.3. The summed E-state index contributed by atoms with van der Waals surface area (Å²) in [7, 11) is 2.00. The molecule has 0 saturated carbocycles. The van der Waals surface area contributed by atoms with E-state index in [1.165, 1.54) is 22.3 Å². The van der Waals surface area contributed by atoms with Crippen LogP contribution in [0.25, 0.3) is 11.3 Å². The van der Waals surface area contributed by atoms with E-state index in [4.69, 9.17) is 5.11 Å². The summed E-state index contributed by atoms with van der Waals surface area (Å²) in [5.74, 6) is 0.921. The maximum atomic E-state index is 9.01. The van der Waals surface area contributed by atoms with Gasteiger partial charge < -0.3 is 9.67 Å². The topological polar surface area (TPSA) is 38.1 Å². The third-order valence-corrected chi connectivity index (χ3v) is 3.75. The standard InChI is InChI=1S/C15H20N2O/c1-10-5-6-13(12(3)11(10)2)14-9-16-15(7-8-18)17(14)4/h5-6,9,18H,7-8H2,1-4H3. The molecule has 0 aliphatic heterocycles. The predicted molar refractivity (Wildman–Crippen MR) is 73.6 cm³/mol. The second-order valence-corrected chi connectivity index (χ2v) is 4.77. The fourth-order valence-electron chi connectivity index (χ4n) is 2.26. The summed E-state index contributed by atoms with van der Waals surface area (Å²) in [6, 6.07) is 4.30. The zero-order chi connectivity index (χ0) is 13.3. The van der Waals surface area contributed by atoms with Gasteiger partial charge in [0.1, 0.15) is 5.82 Å². The molecule has 0 spiro atoms. The molecule has 0 aliphatic carbocycles. The van der Waals surface area contributed by atoms with Gasteiger partial charge in [-0.15, -0.1) is 0 Å². The van der Waals surface area contributed by atoms with E-state index in [0.717, 1.165) is 11.5 Å². The predicted octanol–water partition coefficient (Wildman–Crippen LogP) is 2.55. The minimum atomic E-state index is 0.135. The van der Waals surface area contributed by atoms with E-state index in [9.17, 15) is 0 Å². The molecule has 1 heterocycles. The van der Waals surface area contributed by atoms with Crippen LogP contribution in [0.3, 0.4) is 0 Å². The SMILES string of the molecule is Cc1ccc(-c2cnc(CCO)n2C)c(C)c1C. The molecular weight excluding hydrogens is 224 g/mol. The van der Waals surface area contributed by atoms with Crippen LogP contribution in [0.1, 0.15) is 22.5 Å². The van der Waals surface area contributed by atoms with E-state index in [2.05, 4.69) is 42.5 Å². The Bertz CT molecular complexity index is 570. The summed E-state index contributed by atoms with van der Waals surface area (Å²) in [5, 5.41) is 9.01. The molecule has 0 radical (unpaired) electrons. The maximum absolute atomic E-state index is 9.01. The number of aromatic nitrogens is 2. The fraction of sp³-hybridized carbons (Fsp3) is 0.400. The summed E-state index contributed by atoms with van der Waals surface area (Å²) < 4.78 is 2.06. The van der Waals surface area contributed by atoms with Crippen LogP contribution in [0.5, 0.6) is 0 Å². The van der Waals surface area contributed by atoms with Crippen LogP contribution in [-0.2, 0) is 13.5 Å². The molecular formula is C15H20N2O. The lowest BCUT2D eigenvalue weighted by molar-refractivity contribution is 0.295. The largest absolute Gasteiger partial charge is 0.396 e. The van der Waals surface area contributed by atoms with E-state index < -0.39 is 0 Å². The van der Waals surface area contributed by atoms with Crippen molar-refractivity contribution in [2.24, 2.45) is 7.05 Å². The Morgan fingerprint density at radius 3 is 2.56 bits per heavy atom. The van der Waals surface area contributed by atoms with Crippen LogP contribution in [0.2, 0.25) is 0 Å². The zero-order valence-electron chi connectivity index (χ0n) is 11.5. The Kier molecular flexibility index (Phi) is 3.53. The van der Waals surface area contributed by atoms with Gasteiger partial charge in [0, 0.05) is 19.0 Å². The van der Waals surface area contributed by atoms with Crippen LogP contribution < -0.4 is 0 Å². The van der Waals surface area contributed by atoms with Gasteiger partial charge in [0.05, 0.1) is 18.5 Å². The normalized spacial score (nSPS) is 10.9. The number of hydrogen-bond acceptors (Lipinski definition) is 2. The molecule has 1 N–H and O–H groups in total. The molecule has 3 heteroatoms. The first-order valence-corrected chi connectivity index (χ1v) is 6.25. The van der Waals surface area contributed by atoms with Crippen LogP contribution >= 0.6 is 0 Å². The number of benzene rings is 1. The lowest BCUT2D eigenvalue weighted by atomic mass is 9.97. The van der Waals surface area contributed by atoms with Gasteiger partial charge in [-0.25, -0.2) is 4.98 Å². The van der Waals surface area contributed by atoms with Crippen molar-refractivity contribution in [3.05, 3.63) is 40.8 Å². The molecule has 0 unspecified atom stereocenters. The average molecular weight is 244 g/mol. The van der Waals surface area contributed by atoms with Crippen LogP contribution in [0, 0.1) is 20.8 Å². The number of hydrogen-bond donors (Lipinski definition) is 1. The highest BCUT2D eigenvalue weighted by molar-refractivity contribution is 5.66. The lowest BCUT2D eigenvalue weighted by Crippen LogP contribution is -2.03. The summed E-state index contributed by atoms with van der Waals surface area (Å²) in [6.45, 7) is 6.57. The molecule has 0 aliphatic rings. The number of imidazole rings is 1. The van der Waals surface area contributed by atoms with E-state index in [1.807, 2.05) is 13.2 Å². The second kappa shape index (κ2) is 4.94. The van der Waals surface area contributed by atoms with Crippen molar-refractivity contribution in [3.8, 4) is 11.3 Å². The first-order chi connectivity index (χ1) is 8.56. The third-order valence-electron chi connectivity index (χ3n) is 3.75. The van der Waals surface area contributed by atoms with Crippen molar-refractivity contribution in [3.63, 3.8) is 0 Å². The summed E-state index contributed by atoms with van der Waals surface area (Å²) in [6.07, 6.45) is 2.49. The van der Waals surface area contributed by atoms with Crippen molar-refractivity contribution in [1.82, 2.24) is 9.55 Å². The van der Waals surface area contributed by atoms with Crippen LogP contribution in [0.15, 0.2) is 18.3 Å². The minimum absolute atomic E-state index is 0.135. The summed E-state index contributed by atoms with van der Waals surface area (Å²) >= 11 is 0. The van der Waals surface area contributed by atoms with Crippen molar-refractivity contribution in [2.45, 2.75) is 27.2 Å². The van der Waals surface area contributed by atoms with E-state index in [-0.39, 0.29) is 6.61 Å². The molecule has 96 valence electrons. The number of rotatable bonds is 3. The Hall–Kier alpha value is -1.61. The molecule has 2 aromatic rings. The fourth-order valence-corrected chi connectivity index (χ4v) is 2.26. The van der Waals surface area contributed by atoms with Gasteiger partial charge in [0.25, 0.3) is 0 Å². The monoisotopic (exact) mass is 244 g/mol. The van der Waals surface area contributed by atoms with E-state index in [0.29, 0.717) is 6.42 Å². The molecule has 18 heavy (non-hydrogen) atoms. The number of aliphatic hydroxyl groups is 1. The molecule has 0 atom stereocenters. The average Bonchev–Trinajstić information content (AvgIpc) is 2.70. The number of aliphatic hydroxyl groups excluding tert-OH is 1. The van der Waals surface area contributed by atoms with Gasteiger partial charge in [-0.2, -0.15) is 0 Å². The minimum Gasteiger partial charge on any atom is -0.396 e. The first kappa shape index (κ1) is 12.8. The molecule has 0 bridgehead atoms. The second-order valence-electron chi connectivity index (χ2n) is 4.77. The molecule has 2 rings (SSSR count). The van der Waals surface area contributed by atoms with Gasteiger partial charge in [-0.3, -0.25) is 0 Å². The van der Waals surface area contributed by atoms with Gasteiger partial charge >= 0.3 is 0 Å². The van der Waals surface area contributed by atoms with Crippen molar-refractivity contribution in [1.29, 1.82) is 0 Å². The van der Waals surface area contributed by atoms with Crippen molar-refractivity contribution in [2.75, 3.05) is 6.61 Å². The molecule has 0 fully saturated rings. The quantitative estimate of drug-likeness (QED) is 0.901. The van der Waals surface area contributed by atoms with Gasteiger partial charge in [-0.05, 0) is 37.5 Å². The molecule has 3 nitrogen and oxygen atoms in total. The first-order valence-electron chi connectivity index (χ1n) is 6.25. The van der Waals surface area contributed by atoms with Crippen LogP contribution in [-0.4, -0.2) is 21.3 Å². The maximum Gasteiger partial charge on any atom is 0.111 e. The Morgan fingerprint density at radius 2 is 1.89 bits per heavy atom. The number of aryl methyl sites for hydroxylation is 1. The Labute approximate surface area is 108 Å². The molecule has 1 aromatic carbocycles. The smallest absolute Gasteiger partial charge is 0.111 e. The van der Waals surface area contributed by atoms with E-state index in [1.54, 1.807) is 0 Å². The summed E-state index contributed by atoms with van der Waals surface area (Å²) in [5.41, 5.74) is 6.27. The van der Waals surface area contributed by atoms with Gasteiger partial charge in [-0.1, -0.05) is 12.1 Å². The highest BCUT2D eigenvalue weighted by Gasteiger charge is 2.12. The van der Waals surface area contributed by atoms with E-state index >= 15 is 0 Å². The molecule has 0 amide bonds. The van der Waals surface area contributed by atoms with Gasteiger partial charge in [0.15, 0.2) is 0 Å². The molecule has 0 saturated heterocycles.